The molecule has 4 aromatic rings. The first-order valence-electron chi connectivity index (χ1n) is 10.4. The Hall–Kier alpha value is -3.76. The van der Waals surface area contributed by atoms with Crippen LogP contribution in [-0.2, 0) is 16.9 Å². The van der Waals surface area contributed by atoms with Gasteiger partial charge in [-0.3, -0.25) is 0 Å². The number of hydrogen-bond donors (Lipinski definition) is 1. The predicted molar refractivity (Wildman–Crippen MR) is 125 cm³/mol. The number of phenols is 1. The first-order valence-corrected chi connectivity index (χ1v) is 10.4. The zero-order valence-corrected chi connectivity index (χ0v) is 18.2. The van der Waals surface area contributed by atoms with E-state index in [1.807, 2.05) is 78.9 Å². The summed E-state index contributed by atoms with van der Waals surface area (Å²) in [5.74, 6) is 1.79. The fraction of sp³-hybridized carbons (Fsp3) is 0.143. The molecule has 0 aliphatic heterocycles. The van der Waals surface area contributed by atoms with Gasteiger partial charge < -0.3 is 19.3 Å². The summed E-state index contributed by atoms with van der Waals surface area (Å²) in [7, 11) is 3.31. The number of hydrogen-bond acceptors (Lipinski definition) is 4. The van der Waals surface area contributed by atoms with Crippen LogP contribution in [0.15, 0.2) is 103 Å². The van der Waals surface area contributed by atoms with E-state index in [1.54, 1.807) is 26.4 Å². The van der Waals surface area contributed by atoms with Gasteiger partial charge in [-0.05, 0) is 58.7 Å². The third kappa shape index (κ3) is 4.32. The first kappa shape index (κ1) is 21.5. The topological polar surface area (TPSA) is 47.9 Å². The molecule has 0 bridgehead atoms. The van der Waals surface area contributed by atoms with Gasteiger partial charge in [0.15, 0.2) is 0 Å². The molecule has 0 heterocycles. The highest BCUT2D eigenvalue weighted by Crippen LogP contribution is 2.42. The lowest BCUT2D eigenvalue weighted by Crippen LogP contribution is -2.32. The Kier molecular flexibility index (Phi) is 6.43. The Morgan fingerprint density at radius 3 is 1.53 bits per heavy atom. The van der Waals surface area contributed by atoms with Crippen LogP contribution in [0.2, 0.25) is 0 Å². The molecule has 0 saturated carbocycles. The highest BCUT2D eigenvalue weighted by atomic mass is 16.5. The van der Waals surface area contributed by atoms with Gasteiger partial charge in [-0.25, -0.2) is 0 Å². The van der Waals surface area contributed by atoms with Crippen LogP contribution >= 0.6 is 0 Å². The van der Waals surface area contributed by atoms with Gasteiger partial charge in [-0.2, -0.15) is 0 Å². The fourth-order valence-electron chi connectivity index (χ4n) is 3.86. The number of phenolic OH excluding ortho intramolecular Hbond substituents is 1. The second-order valence-corrected chi connectivity index (χ2v) is 7.46. The predicted octanol–water partition coefficient (Wildman–Crippen LogP) is 5.92. The van der Waals surface area contributed by atoms with E-state index in [1.165, 1.54) is 0 Å². The van der Waals surface area contributed by atoms with Crippen LogP contribution in [0.4, 0.5) is 0 Å². The van der Waals surface area contributed by atoms with E-state index in [9.17, 15) is 5.11 Å². The van der Waals surface area contributed by atoms with E-state index in [0.29, 0.717) is 6.61 Å². The van der Waals surface area contributed by atoms with Crippen LogP contribution < -0.4 is 9.47 Å². The van der Waals surface area contributed by atoms with Gasteiger partial charge >= 0.3 is 0 Å². The molecular weight excluding hydrogens is 400 g/mol. The average molecular weight is 427 g/mol. The Labute approximate surface area is 188 Å². The summed E-state index contributed by atoms with van der Waals surface area (Å²) in [6.45, 7) is 0.354. The summed E-state index contributed by atoms with van der Waals surface area (Å²) in [4.78, 5) is 0. The molecular formula is C28H26O4. The van der Waals surface area contributed by atoms with Crippen LogP contribution in [0.25, 0.3) is 0 Å². The van der Waals surface area contributed by atoms with Crippen LogP contribution in [-0.4, -0.2) is 19.3 Å². The highest BCUT2D eigenvalue weighted by Gasteiger charge is 2.37. The third-order valence-electron chi connectivity index (χ3n) is 5.57. The van der Waals surface area contributed by atoms with Gasteiger partial charge in [0.25, 0.3) is 0 Å². The van der Waals surface area contributed by atoms with Crippen molar-refractivity contribution in [2.75, 3.05) is 14.2 Å². The van der Waals surface area contributed by atoms with Gasteiger partial charge in [0.2, 0.25) is 0 Å². The number of benzene rings is 4. The van der Waals surface area contributed by atoms with Gasteiger partial charge in [0, 0.05) is 0 Å². The quantitative estimate of drug-likeness (QED) is 0.355. The normalized spacial score (nSPS) is 11.2. The smallest absolute Gasteiger partial charge is 0.144 e. The van der Waals surface area contributed by atoms with E-state index in [4.69, 9.17) is 14.2 Å². The van der Waals surface area contributed by atoms with Crippen LogP contribution in [0.5, 0.6) is 17.2 Å². The van der Waals surface area contributed by atoms with E-state index in [-0.39, 0.29) is 5.75 Å². The number of ether oxygens (including phenoxy) is 3. The van der Waals surface area contributed by atoms with Crippen LogP contribution in [0, 0.1) is 0 Å². The second kappa shape index (κ2) is 9.58. The number of rotatable bonds is 8. The van der Waals surface area contributed by atoms with Gasteiger partial charge in [-0.1, -0.05) is 66.7 Å². The molecule has 0 atom stereocenters. The molecule has 0 saturated heterocycles. The Balaban J connectivity index is 1.88. The lowest BCUT2D eigenvalue weighted by molar-refractivity contribution is 0.000183. The van der Waals surface area contributed by atoms with Gasteiger partial charge in [0.1, 0.15) is 22.8 Å². The molecule has 0 aromatic heterocycles. The molecule has 4 rings (SSSR count). The molecule has 1 N–H and O–H groups in total. The maximum absolute atomic E-state index is 9.65. The SMILES string of the molecule is COc1ccc(C(OCc2ccc(O)cc2)(c2ccccc2)c2ccc(OC)cc2)cc1. The Bertz CT molecular complexity index is 1070. The van der Waals surface area contributed by atoms with Crippen LogP contribution in [0.1, 0.15) is 22.3 Å². The van der Waals surface area contributed by atoms with Crippen molar-refractivity contribution in [1.82, 2.24) is 0 Å². The van der Waals surface area contributed by atoms with E-state index >= 15 is 0 Å². The molecule has 0 fully saturated rings. The minimum absolute atomic E-state index is 0.230. The summed E-state index contributed by atoms with van der Waals surface area (Å²) < 4.78 is 17.6. The van der Waals surface area contributed by atoms with E-state index < -0.39 is 5.60 Å². The molecule has 0 aliphatic rings. The molecule has 4 nitrogen and oxygen atoms in total. The zero-order valence-electron chi connectivity index (χ0n) is 18.2. The number of aromatic hydroxyl groups is 1. The summed E-state index contributed by atoms with van der Waals surface area (Å²) in [5.41, 5.74) is 3.07. The highest BCUT2D eigenvalue weighted by molar-refractivity contribution is 5.49. The second-order valence-electron chi connectivity index (χ2n) is 7.46. The molecule has 0 unspecified atom stereocenters. The maximum Gasteiger partial charge on any atom is 0.144 e. The van der Waals surface area contributed by atoms with E-state index in [2.05, 4.69) is 12.1 Å². The average Bonchev–Trinajstić information content (AvgIpc) is 2.87. The lowest BCUT2D eigenvalue weighted by Gasteiger charge is -2.36. The standard InChI is InChI=1S/C28H26O4/c1-30-26-16-10-23(11-17-26)28(22-6-4-3-5-7-22,24-12-18-27(31-2)19-13-24)32-20-21-8-14-25(29)15-9-21/h3-19,29H,20H2,1-2H3. The van der Waals surface area contributed by atoms with Crippen molar-refractivity contribution in [2.45, 2.75) is 12.2 Å². The molecule has 0 aliphatic carbocycles. The summed E-state index contributed by atoms with van der Waals surface area (Å²) in [6, 6.07) is 33.2. The minimum atomic E-state index is -0.863. The van der Waals surface area contributed by atoms with Crippen molar-refractivity contribution >= 4 is 0 Å². The molecule has 0 spiro atoms. The van der Waals surface area contributed by atoms with Crippen molar-refractivity contribution in [3.8, 4) is 17.2 Å². The molecule has 4 heteroatoms. The van der Waals surface area contributed by atoms with Crippen molar-refractivity contribution < 1.29 is 19.3 Å². The molecule has 0 amide bonds. The Morgan fingerprint density at radius 1 is 0.594 bits per heavy atom. The number of methoxy groups -OCH3 is 2. The van der Waals surface area contributed by atoms with Crippen molar-refractivity contribution in [3.63, 3.8) is 0 Å². The molecule has 0 radical (unpaired) electrons. The maximum atomic E-state index is 9.65. The van der Waals surface area contributed by atoms with E-state index in [0.717, 1.165) is 33.8 Å². The van der Waals surface area contributed by atoms with Gasteiger partial charge in [0.05, 0.1) is 20.8 Å². The van der Waals surface area contributed by atoms with Crippen LogP contribution in [0.3, 0.4) is 0 Å². The van der Waals surface area contributed by atoms with Crippen molar-refractivity contribution in [3.05, 3.63) is 125 Å². The molecule has 4 aromatic carbocycles. The zero-order chi connectivity index (χ0) is 22.4. The lowest BCUT2D eigenvalue weighted by atomic mass is 9.80. The monoisotopic (exact) mass is 426 g/mol. The third-order valence-corrected chi connectivity index (χ3v) is 5.57. The minimum Gasteiger partial charge on any atom is -0.508 e. The summed E-state index contributed by atoms with van der Waals surface area (Å²) in [5, 5.41) is 9.65. The molecule has 32 heavy (non-hydrogen) atoms. The van der Waals surface area contributed by atoms with Crippen molar-refractivity contribution in [1.29, 1.82) is 0 Å². The Morgan fingerprint density at radius 2 is 1.06 bits per heavy atom. The van der Waals surface area contributed by atoms with Gasteiger partial charge in [-0.15, -0.1) is 0 Å². The summed E-state index contributed by atoms with van der Waals surface area (Å²) >= 11 is 0. The largest absolute Gasteiger partial charge is 0.508 e. The first-order chi connectivity index (χ1) is 15.7. The fourth-order valence-corrected chi connectivity index (χ4v) is 3.86. The molecule has 162 valence electrons. The van der Waals surface area contributed by atoms with Crippen molar-refractivity contribution in [2.24, 2.45) is 0 Å². The summed E-state index contributed by atoms with van der Waals surface area (Å²) in [6.07, 6.45) is 0.